The highest BCUT2D eigenvalue weighted by Crippen LogP contribution is 2.32. The molecule has 0 atom stereocenters. The standard InChI is InChI=1S/C12H10N2O2S2/c1-7(15)9-6-17-12(14-9)18-10-5-3-2-4-8(10)11(13)16/h2-6H,1H3,(H2,13,16). The highest BCUT2D eigenvalue weighted by atomic mass is 32.2. The molecular weight excluding hydrogens is 268 g/mol. The van der Waals surface area contributed by atoms with Crippen molar-refractivity contribution in [1.82, 2.24) is 4.98 Å². The molecule has 6 heteroatoms. The first-order valence-corrected chi connectivity index (χ1v) is 6.80. The fourth-order valence-corrected chi connectivity index (χ4v) is 3.26. The highest BCUT2D eigenvalue weighted by molar-refractivity contribution is 8.01. The predicted octanol–water partition coefficient (Wildman–Crippen LogP) is 2.60. The number of ketones is 1. The van der Waals surface area contributed by atoms with Crippen LogP contribution < -0.4 is 5.73 Å². The van der Waals surface area contributed by atoms with Crippen LogP contribution in [0.15, 0.2) is 38.9 Å². The second kappa shape index (κ2) is 5.32. The monoisotopic (exact) mass is 278 g/mol. The normalized spacial score (nSPS) is 10.3. The summed E-state index contributed by atoms with van der Waals surface area (Å²) in [6, 6.07) is 7.06. The van der Waals surface area contributed by atoms with Gasteiger partial charge in [0.05, 0.1) is 5.56 Å². The lowest BCUT2D eigenvalue weighted by molar-refractivity contribution is 0.0993. The summed E-state index contributed by atoms with van der Waals surface area (Å²) in [5.74, 6) is -0.539. The molecule has 0 spiro atoms. The summed E-state index contributed by atoms with van der Waals surface area (Å²) in [5.41, 5.74) is 6.20. The Bertz CT molecular complexity index is 608. The molecule has 0 saturated carbocycles. The number of thiazole rings is 1. The number of nitrogens with two attached hydrogens (primary N) is 1. The number of hydrogen-bond donors (Lipinski definition) is 1. The lowest BCUT2D eigenvalue weighted by atomic mass is 10.2. The van der Waals surface area contributed by atoms with Crippen LogP contribution in [-0.4, -0.2) is 16.7 Å². The minimum absolute atomic E-state index is 0.0683. The van der Waals surface area contributed by atoms with Crippen LogP contribution in [0.4, 0.5) is 0 Å². The van der Waals surface area contributed by atoms with Crippen molar-refractivity contribution in [2.24, 2.45) is 5.73 Å². The number of nitrogens with zero attached hydrogens (tertiary/aromatic N) is 1. The number of carbonyl (C=O) groups is 2. The third kappa shape index (κ3) is 2.77. The van der Waals surface area contributed by atoms with Gasteiger partial charge in [0.25, 0.3) is 0 Å². The minimum Gasteiger partial charge on any atom is -0.366 e. The first kappa shape index (κ1) is 12.8. The Hall–Kier alpha value is -1.66. The van der Waals surface area contributed by atoms with E-state index in [-0.39, 0.29) is 5.78 Å². The number of rotatable bonds is 4. The van der Waals surface area contributed by atoms with E-state index in [2.05, 4.69) is 4.98 Å². The third-order valence-corrected chi connectivity index (χ3v) is 4.21. The molecule has 0 saturated heterocycles. The van der Waals surface area contributed by atoms with Crippen molar-refractivity contribution < 1.29 is 9.59 Å². The number of benzene rings is 1. The van der Waals surface area contributed by atoms with Crippen molar-refractivity contribution in [3.63, 3.8) is 0 Å². The SMILES string of the molecule is CC(=O)c1csc(Sc2ccccc2C(N)=O)n1. The van der Waals surface area contributed by atoms with Crippen LogP contribution in [0.2, 0.25) is 0 Å². The van der Waals surface area contributed by atoms with E-state index in [0.717, 1.165) is 4.90 Å². The van der Waals surface area contributed by atoms with Gasteiger partial charge in [0.1, 0.15) is 5.69 Å². The average molecular weight is 278 g/mol. The lowest BCUT2D eigenvalue weighted by Gasteiger charge is -2.03. The van der Waals surface area contributed by atoms with Gasteiger partial charge in [-0.15, -0.1) is 11.3 Å². The zero-order chi connectivity index (χ0) is 13.1. The smallest absolute Gasteiger partial charge is 0.249 e. The van der Waals surface area contributed by atoms with Crippen LogP contribution in [0.25, 0.3) is 0 Å². The molecule has 1 amide bonds. The Kier molecular flexibility index (Phi) is 3.78. The van der Waals surface area contributed by atoms with Gasteiger partial charge in [0, 0.05) is 17.2 Å². The molecule has 1 heterocycles. The van der Waals surface area contributed by atoms with E-state index in [1.54, 1.807) is 23.6 Å². The molecule has 92 valence electrons. The minimum atomic E-state index is -0.471. The number of aromatic nitrogens is 1. The summed E-state index contributed by atoms with van der Waals surface area (Å²) >= 11 is 2.71. The Morgan fingerprint density at radius 3 is 2.67 bits per heavy atom. The molecule has 4 nitrogen and oxygen atoms in total. The van der Waals surface area contributed by atoms with E-state index in [9.17, 15) is 9.59 Å². The van der Waals surface area contributed by atoms with Gasteiger partial charge < -0.3 is 5.73 Å². The molecule has 1 aromatic carbocycles. The molecule has 0 aliphatic rings. The molecule has 0 bridgehead atoms. The second-order valence-electron chi connectivity index (χ2n) is 3.52. The third-order valence-electron chi connectivity index (χ3n) is 2.19. The molecule has 0 aliphatic carbocycles. The molecule has 18 heavy (non-hydrogen) atoms. The fraction of sp³-hybridized carbons (Fsp3) is 0.0833. The maximum Gasteiger partial charge on any atom is 0.249 e. The predicted molar refractivity (Wildman–Crippen MR) is 71.2 cm³/mol. The van der Waals surface area contributed by atoms with Gasteiger partial charge in [-0.3, -0.25) is 9.59 Å². The molecule has 0 fully saturated rings. The second-order valence-corrected chi connectivity index (χ2v) is 5.66. The zero-order valence-electron chi connectivity index (χ0n) is 9.54. The molecular formula is C12H10N2O2S2. The maximum absolute atomic E-state index is 11.3. The van der Waals surface area contributed by atoms with E-state index < -0.39 is 5.91 Å². The van der Waals surface area contributed by atoms with Gasteiger partial charge in [-0.25, -0.2) is 4.98 Å². The van der Waals surface area contributed by atoms with Crippen LogP contribution in [-0.2, 0) is 0 Å². The Balaban J connectivity index is 2.28. The van der Waals surface area contributed by atoms with Gasteiger partial charge >= 0.3 is 0 Å². The van der Waals surface area contributed by atoms with Gasteiger partial charge in [-0.1, -0.05) is 23.9 Å². The van der Waals surface area contributed by atoms with Crippen LogP contribution in [0.5, 0.6) is 0 Å². The summed E-state index contributed by atoms with van der Waals surface area (Å²) in [6.45, 7) is 1.47. The highest BCUT2D eigenvalue weighted by Gasteiger charge is 2.12. The van der Waals surface area contributed by atoms with Crippen LogP contribution in [0.3, 0.4) is 0 Å². The van der Waals surface area contributed by atoms with Crippen LogP contribution in [0.1, 0.15) is 27.8 Å². The number of Topliss-reactive ketones (excluding diaryl/α,β-unsaturated/α-hetero) is 1. The van der Waals surface area contributed by atoms with Gasteiger partial charge in [-0.2, -0.15) is 0 Å². The van der Waals surface area contributed by atoms with E-state index >= 15 is 0 Å². The van der Waals surface area contributed by atoms with E-state index in [1.807, 2.05) is 6.07 Å². The first-order valence-electron chi connectivity index (χ1n) is 5.11. The quantitative estimate of drug-likeness (QED) is 0.872. The topological polar surface area (TPSA) is 73.1 Å². The number of primary amides is 1. The molecule has 0 unspecified atom stereocenters. The summed E-state index contributed by atoms with van der Waals surface area (Å²) in [4.78, 5) is 27.3. The van der Waals surface area contributed by atoms with Gasteiger partial charge in [0.2, 0.25) is 5.91 Å². The molecule has 0 aliphatic heterocycles. The average Bonchev–Trinajstić information content (AvgIpc) is 2.78. The summed E-state index contributed by atoms with van der Waals surface area (Å²) < 4.78 is 0.717. The zero-order valence-corrected chi connectivity index (χ0v) is 11.2. The van der Waals surface area contributed by atoms with Gasteiger partial charge in [-0.05, 0) is 12.1 Å². The number of carbonyl (C=O) groups excluding carboxylic acids is 2. The summed E-state index contributed by atoms with van der Waals surface area (Å²) in [6.07, 6.45) is 0. The summed E-state index contributed by atoms with van der Waals surface area (Å²) in [7, 11) is 0. The van der Waals surface area contributed by atoms with Crippen molar-refractivity contribution in [2.75, 3.05) is 0 Å². The maximum atomic E-state index is 11.3. The number of hydrogen-bond acceptors (Lipinski definition) is 5. The Morgan fingerprint density at radius 2 is 2.06 bits per heavy atom. The Morgan fingerprint density at radius 1 is 1.33 bits per heavy atom. The van der Waals surface area contributed by atoms with E-state index in [1.165, 1.54) is 30.0 Å². The summed E-state index contributed by atoms with van der Waals surface area (Å²) in [5, 5.41) is 1.71. The molecule has 2 N–H and O–H groups in total. The fourth-order valence-electron chi connectivity index (χ4n) is 1.32. The van der Waals surface area contributed by atoms with Crippen molar-refractivity contribution in [1.29, 1.82) is 0 Å². The Labute approximate surface area is 112 Å². The van der Waals surface area contributed by atoms with E-state index in [4.69, 9.17) is 5.73 Å². The molecule has 2 aromatic rings. The van der Waals surface area contributed by atoms with Crippen molar-refractivity contribution in [3.8, 4) is 0 Å². The molecule has 1 aromatic heterocycles. The lowest BCUT2D eigenvalue weighted by Crippen LogP contribution is -2.11. The van der Waals surface area contributed by atoms with Crippen LogP contribution >= 0.6 is 23.1 Å². The number of amides is 1. The van der Waals surface area contributed by atoms with Crippen molar-refractivity contribution in [2.45, 2.75) is 16.2 Å². The largest absolute Gasteiger partial charge is 0.366 e. The molecule has 2 rings (SSSR count). The molecule has 0 radical (unpaired) electrons. The van der Waals surface area contributed by atoms with Crippen LogP contribution in [0, 0.1) is 0 Å². The van der Waals surface area contributed by atoms with Gasteiger partial charge in [0.15, 0.2) is 10.1 Å². The van der Waals surface area contributed by atoms with E-state index in [0.29, 0.717) is 15.6 Å². The van der Waals surface area contributed by atoms with Crippen molar-refractivity contribution in [3.05, 3.63) is 40.9 Å². The first-order chi connectivity index (χ1) is 8.58. The van der Waals surface area contributed by atoms with Crippen molar-refractivity contribution >= 4 is 34.8 Å².